The SMILES string of the molecule is O=C(NC1CC1)C1CCCN1C(=O)COc1ccc2ccccc2c1Br. The van der Waals surface area contributed by atoms with Crippen molar-refractivity contribution in [1.29, 1.82) is 0 Å². The minimum absolute atomic E-state index is 0.0229. The number of halogens is 1. The molecule has 1 unspecified atom stereocenters. The van der Waals surface area contributed by atoms with Crippen LogP contribution in [0.1, 0.15) is 25.7 Å². The number of nitrogens with one attached hydrogen (secondary N) is 1. The van der Waals surface area contributed by atoms with Gasteiger partial charge in [-0.1, -0.05) is 30.3 Å². The van der Waals surface area contributed by atoms with Crippen molar-refractivity contribution in [2.75, 3.05) is 13.2 Å². The number of carbonyl (C=O) groups is 2. The first-order chi connectivity index (χ1) is 12.6. The fourth-order valence-corrected chi connectivity index (χ4v) is 4.02. The van der Waals surface area contributed by atoms with E-state index in [9.17, 15) is 9.59 Å². The van der Waals surface area contributed by atoms with Gasteiger partial charge in [-0.3, -0.25) is 9.59 Å². The van der Waals surface area contributed by atoms with Gasteiger partial charge >= 0.3 is 0 Å². The van der Waals surface area contributed by atoms with Gasteiger partial charge in [0, 0.05) is 12.6 Å². The van der Waals surface area contributed by atoms with Gasteiger partial charge in [-0.15, -0.1) is 0 Å². The number of hydrogen-bond donors (Lipinski definition) is 1. The van der Waals surface area contributed by atoms with Gasteiger partial charge in [0.05, 0.1) is 4.47 Å². The summed E-state index contributed by atoms with van der Waals surface area (Å²) in [5.41, 5.74) is 0. The molecule has 0 bridgehead atoms. The van der Waals surface area contributed by atoms with Crippen LogP contribution in [0, 0.1) is 0 Å². The Bertz CT molecular complexity index is 850. The number of rotatable bonds is 5. The summed E-state index contributed by atoms with van der Waals surface area (Å²) in [6, 6.07) is 11.8. The molecule has 0 radical (unpaired) electrons. The van der Waals surface area contributed by atoms with E-state index >= 15 is 0 Å². The fraction of sp³-hybridized carbons (Fsp3) is 0.400. The van der Waals surface area contributed by atoms with E-state index in [0.717, 1.165) is 40.9 Å². The number of hydrogen-bond acceptors (Lipinski definition) is 3. The third-order valence-electron chi connectivity index (χ3n) is 4.98. The molecule has 1 aliphatic carbocycles. The van der Waals surface area contributed by atoms with Crippen LogP contribution < -0.4 is 10.1 Å². The molecular formula is C20H21BrN2O3. The highest BCUT2D eigenvalue weighted by Crippen LogP contribution is 2.33. The molecule has 1 heterocycles. The molecule has 0 spiro atoms. The van der Waals surface area contributed by atoms with Crippen LogP contribution in [0.3, 0.4) is 0 Å². The van der Waals surface area contributed by atoms with Crippen LogP contribution in [0.4, 0.5) is 0 Å². The highest BCUT2D eigenvalue weighted by Gasteiger charge is 2.36. The first-order valence-corrected chi connectivity index (χ1v) is 9.82. The molecular weight excluding hydrogens is 396 g/mol. The second kappa shape index (κ2) is 7.27. The Morgan fingerprint density at radius 1 is 1.15 bits per heavy atom. The van der Waals surface area contributed by atoms with Crippen molar-refractivity contribution in [3.05, 3.63) is 40.9 Å². The van der Waals surface area contributed by atoms with E-state index in [4.69, 9.17) is 4.74 Å². The van der Waals surface area contributed by atoms with Crippen LogP contribution in [0.2, 0.25) is 0 Å². The Kier molecular flexibility index (Phi) is 4.85. The number of amides is 2. The van der Waals surface area contributed by atoms with Crippen molar-refractivity contribution in [1.82, 2.24) is 10.2 Å². The Morgan fingerprint density at radius 3 is 2.77 bits per heavy atom. The van der Waals surface area contributed by atoms with Gasteiger partial charge in [0.2, 0.25) is 5.91 Å². The average Bonchev–Trinajstić information content (AvgIpc) is 3.32. The molecule has 2 amide bonds. The van der Waals surface area contributed by atoms with Crippen molar-refractivity contribution >= 4 is 38.5 Å². The first kappa shape index (κ1) is 17.3. The minimum atomic E-state index is -0.355. The molecule has 1 atom stereocenters. The smallest absolute Gasteiger partial charge is 0.261 e. The monoisotopic (exact) mass is 416 g/mol. The van der Waals surface area contributed by atoms with Gasteiger partial charge in [0.15, 0.2) is 6.61 Å². The zero-order valence-electron chi connectivity index (χ0n) is 14.4. The summed E-state index contributed by atoms with van der Waals surface area (Å²) >= 11 is 3.57. The lowest BCUT2D eigenvalue weighted by Gasteiger charge is -2.24. The predicted molar refractivity (Wildman–Crippen MR) is 103 cm³/mol. The van der Waals surface area contributed by atoms with Gasteiger partial charge in [-0.25, -0.2) is 0 Å². The number of likely N-dealkylation sites (tertiary alicyclic amines) is 1. The molecule has 136 valence electrons. The van der Waals surface area contributed by atoms with E-state index in [1.54, 1.807) is 4.90 Å². The number of fused-ring (bicyclic) bond motifs is 1. The van der Waals surface area contributed by atoms with E-state index in [-0.39, 0.29) is 24.5 Å². The van der Waals surface area contributed by atoms with E-state index in [2.05, 4.69) is 21.2 Å². The Hall–Kier alpha value is -2.08. The molecule has 2 aromatic rings. The van der Waals surface area contributed by atoms with Crippen LogP contribution >= 0.6 is 15.9 Å². The van der Waals surface area contributed by atoms with Crippen LogP contribution in [0.5, 0.6) is 5.75 Å². The topological polar surface area (TPSA) is 58.6 Å². The second-order valence-electron chi connectivity index (χ2n) is 6.92. The largest absolute Gasteiger partial charge is 0.483 e. The van der Waals surface area contributed by atoms with Crippen molar-refractivity contribution in [3.63, 3.8) is 0 Å². The molecule has 4 rings (SSSR count). The lowest BCUT2D eigenvalue weighted by Crippen LogP contribution is -2.47. The van der Waals surface area contributed by atoms with E-state index in [1.165, 1.54) is 0 Å². The highest BCUT2D eigenvalue weighted by molar-refractivity contribution is 9.10. The van der Waals surface area contributed by atoms with Crippen molar-refractivity contribution < 1.29 is 14.3 Å². The summed E-state index contributed by atoms with van der Waals surface area (Å²) in [7, 11) is 0. The van der Waals surface area contributed by atoms with Crippen molar-refractivity contribution in [2.45, 2.75) is 37.8 Å². The normalized spacial score (nSPS) is 19.6. The molecule has 2 aliphatic rings. The third kappa shape index (κ3) is 3.56. The molecule has 2 fully saturated rings. The molecule has 0 aromatic heterocycles. The summed E-state index contributed by atoms with van der Waals surface area (Å²) in [5, 5.41) is 5.15. The maximum atomic E-state index is 12.6. The van der Waals surface area contributed by atoms with Crippen molar-refractivity contribution in [2.24, 2.45) is 0 Å². The number of benzene rings is 2. The quantitative estimate of drug-likeness (QED) is 0.813. The van der Waals surface area contributed by atoms with Gasteiger partial charge in [-0.05, 0) is 58.5 Å². The van der Waals surface area contributed by atoms with Gasteiger partial charge < -0.3 is 15.0 Å². The molecule has 5 nitrogen and oxygen atoms in total. The van der Waals surface area contributed by atoms with E-state index < -0.39 is 0 Å². The maximum absolute atomic E-state index is 12.6. The third-order valence-corrected chi connectivity index (χ3v) is 5.80. The van der Waals surface area contributed by atoms with Gasteiger partial charge in [0.25, 0.3) is 5.91 Å². The van der Waals surface area contributed by atoms with Gasteiger partial charge in [0.1, 0.15) is 11.8 Å². The van der Waals surface area contributed by atoms with Gasteiger partial charge in [-0.2, -0.15) is 0 Å². The van der Waals surface area contributed by atoms with Crippen LogP contribution in [0.25, 0.3) is 10.8 Å². The lowest BCUT2D eigenvalue weighted by molar-refractivity contribution is -0.140. The molecule has 26 heavy (non-hydrogen) atoms. The van der Waals surface area contributed by atoms with Crippen LogP contribution in [0.15, 0.2) is 40.9 Å². The molecule has 1 saturated heterocycles. The Balaban J connectivity index is 1.41. The summed E-state index contributed by atoms with van der Waals surface area (Å²) in [6.07, 6.45) is 3.68. The highest BCUT2D eigenvalue weighted by atomic mass is 79.9. The second-order valence-corrected chi connectivity index (χ2v) is 7.71. The summed E-state index contributed by atoms with van der Waals surface area (Å²) < 4.78 is 6.61. The van der Waals surface area contributed by atoms with Crippen LogP contribution in [-0.4, -0.2) is 41.9 Å². The fourth-order valence-electron chi connectivity index (χ4n) is 3.41. The number of nitrogens with zero attached hydrogens (tertiary/aromatic N) is 1. The standard InChI is InChI=1S/C20H21BrN2O3/c21-19-15-5-2-1-4-13(15)7-10-17(19)26-12-18(24)23-11-3-6-16(23)20(25)22-14-8-9-14/h1-2,4-5,7,10,14,16H,3,6,8-9,11-12H2,(H,22,25). The number of carbonyl (C=O) groups excluding carboxylic acids is 2. The summed E-state index contributed by atoms with van der Waals surface area (Å²) in [6.45, 7) is 0.550. The predicted octanol–water partition coefficient (Wildman–Crippen LogP) is 3.25. The zero-order chi connectivity index (χ0) is 18.1. The zero-order valence-corrected chi connectivity index (χ0v) is 16.0. The Morgan fingerprint density at radius 2 is 1.96 bits per heavy atom. The molecule has 1 N–H and O–H groups in total. The lowest BCUT2D eigenvalue weighted by atomic mass is 10.1. The summed E-state index contributed by atoms with van der Waals surface area (Å²) in [4.78, 5) is 26.6. The first-order valence-electron chi connectivity index (χ1n) is 9.03. The summed E-state index contributed by atoms with van der Waals surface area (Å²) in [5.74, 6) is 0.471. The van der Waals surface area contributed by atoms with E-state index in [1.807, 2.05) is 36.4 Å². The molecule has 2 aromatic carbocycles. The number of ether oxygens (including phenoxy) is 1. The van der Waals surface area contributed by atoms with Crippen molar-refractivity contribution in [3.8, 4) is 5.75 Å². The average molecular weight is 417 g/mol. The minimum Gasteiger partial charge on any atom is -0.483 e. The molecule has 6 heteroatoms. The Labute approximate surface area is 160 Å². The van der Waals surface area contributed by atoms with E-state index in [0.29, 0.717) is 18.3 Å². The molecule has 1 aliphatic heterocycles. The molecule has 1 saturated carbocycles. The maximum Gasteiger partial charge on any atom is 0.261 e. The van der Waals surface area contributed by atoms with Crippen LogP contribution in [-0.2, 0) is 9.59 Å².